The van der Waals surface area contributed by atoms with Crippen molar-refractivity contribution in [2.45, 2.75) is 36.7 Å². The molecule has 3 saturated heterocycles. The molecule has 16 heteroatoms. The van der Waals surface area contributed by atoms with Gasteiger partial charge in [0, 0.05) is 100 Å². The molecule has 0 unspecified atom stereocenters. The second-order valence-electron chi connectivity index (χ2n) is 14.5. The van der Waals surface area contributed by atoms with Crippen molar-refractivity contribution in [3.8, 4) is 11.6 Å². The topological polar surface area (TPSA) is 147 Å². The Hall–Kier alpha value is -4.51. The summed E-state index contributed by atoms with van der Waals surface area (Å²) in [5.74, 6) is 1.79. The molecule has 8 rings (SSSR count). The van der Waals surface area contributed by atoms with Crippen LogP contribution in [0.5, 0.6) is 5.75 Å². The van der Waals surface area contributed by atoms with Crippen molar-refractivity contribution in [1.29, 1.82) is 0 Å². The van der Waals surface area contributed by atoms with Gasteiger partial charge in [0.25, 0.3) is 11.1 Å². The van der Waals surface area contributed by atoms with E-state index in [0.29, 0.717) is 46.4 Å². The Bertz CT molecular complexity index is 2290. The number of aromatic nitrogens is 6. The smallest absolute Gasteiger partial charge is 0.334 e. The van der Waals surface area contributed by atoms with Crippen LogP contribution >= 0.6 is 11.8 Å². The van der Waals surface area contributed by atoms with Crippen LogP contribution < -0.4 is 26.4 Å². The lowest BCUT2D eigenvalue weighted by Gasteiger charge is -2.38. The number of hydrogen-bond acceptors (Lipinski definition) is 11. The lowest BCUT2D eigenvalue weighted by atomic mass is 9.98. The summed E-state index contributed by atoms with van der Waals surface area (Å²) in [6.45, 7) is 9.87. The minimum absolute atomic E-state index is 0.0262. The minimum Gasteiger partial charge on any atom is -0.493 e. The first kappa shape index (κ1) is 36.5. The SMILES string of the molecule is Cn1nc(-n2ccc(=O)[nH]c2=O)c2ccc(N3CCN(CCN4CCC(COc5cc(F)c6c(=O)[nH]c(CSC7CCOCC7)nc6c5)CC4)CC3)cc21. The third-order valence-corrected chi connectivity index (χ3v) is 12.3. The monoisotopic (exact) mass is 759 g/mol. The van der Waals surface area contributed by atoms with E-state index in [1.54, 1.807) is 22.5 Å². The summed E-state index contributed by atoms with van der Waals surface area (Å²) in [5.41, 5.74) is 0.961. The average molecular weight is 760 g/mol. The predicted molar refractivity (Wildman–Crippen MR) is 208 cm³/mol. The van der Waals surface area contributed by atoms with Crippen molar-refractivity contribution in [3.63, 3.8) is 0 Å². The van der Waals surface area contributed by atoms with Gasteiger partial charge in [-0.05, 0) is 62.9 Å². The molecule has 54 heavy (non-hydrogen) atoms. The fourth-order valence-electron chi connectivity index (χ4n) is 7.73. The number of piperidine rings is 1. The van der Waals surface area contributed by atoms with E-state index in [-0.39, 0.29) is 5.39 Å². The zero-order valence-electron chi connectivity index (χ0n) is 30.5. The van der Waals surface area contributed by atoms with Gasteiger partial charge in [0.05, 0.1) is 23.4 Å². The van der Waals surface area contributed by atoms with E-state index in [2.05, 4.69) is 46.9 Å². The van der Waals surface area contributed by atoms with Crippen molar-refractivity contribution in [1.82, 2.24) is 39.1 Å². The molecular weight excluding hydrogens is 714 g/mol. The van der Waals surface area contributed by atoms with Gasteiger partial charge in [-0.25, -0.2) is 14.2 Å². The van der Waals surface area contributed by atoms with Gasteiger partial charge in [-0.2, -0.15) is 16.9 Å². The number of aryl methyl sites for hydroxylation is 1. The van der Waals surface area contributed by atoms with E-state index in [0.717, 1.165) is 108 Å². The Labute approximate surface area is 315 Å². The normalized spacial score (nSPS) is 18.2. The Morgan fingerprint density at radius 1 is 0.926 bits per heavy atom. The number of H-pyrrole nitrogens is 2. The van der Waals surface area contributed by atoms with Crippen LogP contribution in [0.4, 0.5) is 10.1 Å². The molecule has 0 atom stereocenters. The third kappa shape index (κ3) is 8.11. The number of likely N-dealkylation sites (tertiary alicyclic amines) is 1. The number of rotatable bonds is 11. The number of nitrogens with zero attached hydrogens (tertiary/aromatic N) is 7. The van der Waals surface area contributed by atoms with Crippen molar-refractivity contribution < 1.29 is 13.9 Å². The number of benzene rings is 2. The second-order valence-corrected chi connectivity index (χ2v) is 15.8. The van der Waals surface area contributed by atoms with E-state index in [1.807, 2.05) is 13.1 Å². The molecule has 0 amide bonds. The molecule has 3 fully saturated rings. The maximum Gasteiger partial charge on any atom is 0.334 e. The highest BCUT2D eigenvalue weighted by atomic mass is 32.2. The van der Waals surface area contributed by atoms with Crippen LogP contribution in [-0.4, -0.2) is 117 Å². The number of nitrogens with one attached hydrogen (secondary N) is 2. The van der Waals surface area contributed by atoms with Crippen molar-refractivity contribution >= 4 is 39.3 Å². The first-order chi connectivity index (χ1) is 26.3. The van der Waals surface area contributed by atoms with Gasteiger partial charge in [-0.3, -0.25) is 28.7 Å². The first-order valence-electron chi connectivity index (χ1n) is 18.8. The maximum absolute atomic E-state index is 15.0. The van der Waals surface area contributed by atoms with Crippen LogP contribution in [0.2, 0.25) is 0 Å². The maximum atomic E-state index is 15.0. The van der Waals surface area contributed by atoms with Crippen LogP contribution in [0.15, 0.2) is 57.0 Å². The summed E-state index contributed by atoms with van der Waals surface area (Å²) >= 11 is 1.75. The minimum atomic E-state index is -0.609. The number of fused-ring (bicyclic) bond motifs is 2. The molecule has 2 aromatic carbocycles. The first-order valence-corrected chi connectivity index (χ1v) is 19.9. The molecule has 0 bridgehead atoms. The Morgan fingerprint density at radius 3 is 2.44 bits per heavy atom. The van der Waals surface area contributed by atoms with Gasteiger partial charge in [0.1, 0.15) is 22.8 Å². The predicted octanol–water partition coefficient (Wildman–Crippen LogP) is 3.11. The van der Waals surface area contributed by atoms with E-state index in [1.165, 1.54) is 22.9 Å². The van der Waals surface area contributed by atoms with Crippen LogP contribution in [0.3, 0.4) is 0 Å². The number of aromatic amines is 2. The van der Waals surface area contributed by atoms with Crippen molar-refractivity contribution in [2.75, 3.05) is 77.1 Å². The van der Waals surface area contributed by atoms with E-state index in [4.69, 9.17) is 9.47 Å². The van der Waals surface area contributed by atoms with Crippen LogP contribution in [0.1, 0.15) is 31.5 Å². The Kier molecular flexibility index (Phi) is 10.9. The standard InChI is InChI=1S/C38H46FN9O5S/c1-44-32-20-26(2-3-29(32)36(43-44)48-11-6-34(49)42-38(48)51)47-16-14-46(15-17-47)13-12-45-9-4-25(5-10-45)23-53-27-21-30(39)35-31(22-27)40-33(41-37(35)50)24-54-28-7-18-52-19-8-28/h2-3,6,11,20-22,25,28H,4-5,7-10,12-19,23-24H2,1H3,(H,40,41,50)(H,42,49,51). The van der Waals surface area contributed by atoms with E-state index < -0.39 is 22.6 Å². The quantitative estimate of drug-likeness (QED) is 0.205. The van der Waals surface area contributed by atoms with Crippen LogP contribution in [-0.2, 0) is 17.5 Å². The molecular formula is C38H46FN9O5S. The van der Waals surface area contributed by atoms with Crippen molar-refractivity contribution in [2.24, 2.45) is 13.0 Å². The summed E-state index contributed by atoms with van der Waals surface area (Å²) < 4.78 is 29.7. The largest absolute Gasteiger partial charge is 0.493 e. The molecule has 0 saturated carbocycles. The third-order valence-electron chi connectivity index (χ3n) is 10.9. The Balaban J connectivity index is 0.786. The average Bonchev–Trinajstić information content (AvgIpc) is 3.51. The molecule has 6 heterocycles. The fraction of sp³-hybridized carbons (Fsp3) is 0.500. The molecule has 14 nitrogen and oxygen atoms in total. The highest BCUT2D eigenvalue weighted by Crippen LogP contribution is 2.28. The highest BCUT2D eigenvalue weighted by Gasteiger charge is 2.24. The van der Waals surface area contributed by atoms with E-state index in [9.17, 15) is 14.4 Å². The number of ether oxygens (including phenoxy) is 2. The number of hydrogen-bond donors (Lipinski definition) is 2. The van der Waals surface area contributed by atoms with Gasteiger partial charge in [0.2, 0.25) is 0 Å². The lowest BCUT2D eigenvalue weighted by Crippen LogP contribution is -2.49. The molecule has 0 spiro atoms. The van der Waals surface area contributed by atoms with Gasteiger partial charge in [-0.15, -0.1) is 0 Å². The molecule has 286 valence electrons. The van der Waals surface area contributed by atoms with Gasteiger partial charge in [-0.1, -0.05) is 0 Å². The van der Waals surface area contributed by atoms with E-state index >= 15 is 4.39 Å². The fourth-order valence-corrected chi connectivity index (χ4v) is 8.78. The number of piperazine rings is 1. The lowest BCUT2D eigenvalue weighted by molar-refractivity contribution is 0.1000. The van der Waals surface area contributed by atoms with Crippen LogP contribution in [0, 0.1) is 11.7 Å². The summed E-state index contributed by atoms with van der Waals surface area (Å²) in [4.78, 5) is 53.8. The molecule has 3 aliphatic rings. The molecule has 3 aromatic heterocycles. The number of thioether (sulfide) groups is 1. The van der Waals surface area contributed by atoms with Gasteiger partial charge < -0.3 is 24.3 Å². The van der Waals surface area contributed by atoms with Crippen LogP contribution in [0.25, 0.3) is 27.6 Å². The zero-order chi connectivity index (χ0) is 37.2. The molecule has 2 N–H and O–H groups in total. The van der Waals surface area contributed by atoms with Gasteiger partial charge >= 0.3 is 5.69 Å². The molecule has 3 aliphatic heterocycles. The molecule has 0 aliphatic carbocycles. The summed E-state index contributed by atoms with van der Waals surface area (Å²) in [6, 6.07) is 10.5. The summed E-state index contributed by atoms with van der Waals surface area (Å²) in [5, 5.41) is 5.86. The number of halogens is 1. The second kappa shape index (κ2) is 16.1. The highest BCUT2D eigenvalue weighted by molar-refractivity contribution is 7.99. The molecule has 0 radical (unpaired) electrons. The van der Waals surface area contributed by atoms with Crippen molar-refractivity contribution in [3.05, 3.63) is 85.4 Å². The van der Waals surface area contributed by atoms with Gasteiger partial charge in [0.15, 0.2) is 5.82 Å². The number of anilines is 1. The molecule has 5 aromatic rings. The summed E-state index contributed by atoms with van der Waals surface area (Å²) in [6.07, 6.45) is 5.46. The zero-order valence-corrected chi connectivity index (χ0v) is 31.3. The Morgan fingerprint density at radius 2 is 1.69 bits per heavy atom. The summed E-state index contributed by atoms with van der Waals surface area (Å²) in [7, 11) is 1.86.